The van der Waals surface area contributed by atoms with Gasteiger partial charge < -0.3 is 35.5 Å². The second-order valence-electron chi connectivity index (χ2n) is 6.90. The van der Waals surface area contributed by atoms with E-state index in [9.17, 15) is 27.8 Å². The van der Waals surface area contributed by atoms with Gasteiger partial charge >= 0.3 is 33.0 Å². The Hall–Kier alpha value is -0.580. The topological polar surface area (TPSA) is 263 Å². The van der Waals surface area contributed by atoms with Crippen molar-refractivity contribution in [3.8, 4) is 0 Å². The van der Waals surface area contributed by atoms with Crippen molar-refractivity contribution in [2.45, 2.75) is 12.8 Å². The molecule has 0 radical (unpaired) electrons. The van der Waals surface area contributed by atoms with Gasteiger partial charge in [0, 0.05) is 52.1 Å². The highest BCUT2D eigenvalue weighted by atomic mass is 31.1. The monoisotopic (exact) mass is 621 g/mol. The molecule has 37 heavy (non-hydrogen) atoms. The Morgan fingerprint density at radius 3 is 1.14 bits per heavy atom. The van der Waals surface area contributed by atoms with Gasteiger partial charge in [-0.2, -0.15) is 0 Å². The summed E-state index contributed by atoms with van der Waals surface area (Å²) >= 11 is 0. The molecule has 2 amide bonds. The molecule has 0 aromatic heterocycles. The molecular weight excluding hydrogens is 586 g/mol. The minimum Gasteiger partial charge on any atom is -0.355 e. The summed E-state index contributed by atoms with van der Waals surface area (Å²) in [4.78, 5) is 61.2. The van der Waals surface area contributed by atoms with E-state index in [2.05, 4.69) is 34.0 Å². The van der Waals surface area contributed by atoms with Crippen LogP contribution >= 0.6 is 33.0 Å². The van der Waals surface area contributed by atoms with Crippen LogP contribution in [0.3, 0.4) is 0 Å². The maximum Gasteiger partial charge on any atom is 0.317 e. The standard InChI is InChI=1S/C14H35N5O14P4/c20-13(16-5-7-18(9-30-34(22)23)10-31-35(24)25)1-3-15-4-2-14(21)17-6-8-19(11-32-36(26)27)12-33-37(28)29/h15,34-37H,1-12H2,(H,16,20)(H,17,21)(H,22,23)(H,24,25)(H,26,27)(H,28,29). The third kappa shape index (κ3) is 25.5. The number of carbonyl (C=O) groups is 2. The van der Waals surface area contributed by atoms with E-state index in [0.29, 0.717) is 0 Å². The first kappa shape index (κ1) is 36.4. The predicted molar refractivity (Wildman–Crippen MR) is 130 cm³/mol. The number of amides is 2. The Kier molecular flexibility index (Phi) is 23.0. The van der Waals surface area contributed by atoms with Gasteiger partial charge in [0.25, 0.3) is 0 Å². The molecule has 0 aliphatic rings. The van der Waals surface area contributed by atoms with E-state index in [-0.39, 0.29) is 90.8 Å². The average molecular weight is 621 g/mol. The van der Waals surface area contributed by atoms with Crippen molar-refractivity contribution in [2.24, 2.45) is 0 Å². The highest BCUT2D eigenvalue weighted by Crippen LogP contribution is 2.18. The molecule has 4 atom stereocenters. The lowest BCUT2D eigenvalue weighted by Crippen LogP contribution is -2.38. The van der Waals surface area contributed by atoms with Crippen molar-refractivity contribution in [1.82, 2.24) is 25.8 Å². The summed E-state index contributed by atoms with van der Waals surface area (Å²) in [6.07, 6.45) is 0.195. The number of carbonyl (C=O) groups excluding carboxylic acids is 2. The number of nitrogens with one attached hydrogen (secondary N) is 3. The lowest BCUT2D eigenvalue weighted by molar-refractivity contribution is -0.121. The van der Waals surface area contributed by atoms with E-state index < -0.39 is 33.0 Å². The van der Waals surface area contributed by atoms with E-state index in [0.717, 1.165) is 0 Å². The molecule has 220 valence electrons. The second-order valence-corrected chi connectivity index (χ2v) is 10.2. The highest BCUT2D eigenvalue weighted by molar-refractivity contribution is 7.32. The first-order valence-electron chi connectivity index (χ1n) is 10.6. The predicted octanol–water partition coefficient (Wildman–Crippen LogP) is -2.38. The second kappa shape index (κ2) is 23.3. The Balaban J connectivity index is 4.01. The van der Waals surface area contributed by atoms with Crippen molar-refractivity contribution in [3.05, 3.63) is 0 Å². The number of nitrogens with zero attached hydrogens (tertiary/aromatic N) is 2. The molecule has 7 N–H and O–H groups in total. The molecule has 0 rings (SSSR count). The number of rotatable bonds is 24. The van der Waals surface area contributed by atoms with E-state index in [1.807, 2.05) is 0 Å². The number of hydrogen-bond acceptors (Lipinski definition) is 13. The molecule has 4 unspecified atom stereocenters. The van der Waals surface area contributed by atoms with Crippen LogP contribution in [0.1, 0.15) is 12.8 Å². The molecular formula is C14H35N5O14P4. The fourth-order valence-corrected chi connectivity index (χ4v) is 3.50. The van der Waals surface area contributed by atoms with E-state index >= 15 is 0 Å². The van der Waals surface area contributed by atoms with Crippen molar-refractivity contribution in [1.29, 1.82) is 0 Å². The molecule has 0 aliphatic carbocycles. The fraction of sp³-hybridized carbons (Fsp3) is 0.857. The van der Waals surface area contributed by atoms with Crippen molar-refractivity contribution in [2.75, 3.05) is 66.2 Å². The molecule has 0 aliphatic heterocycles. The van der Waals surface area contributed by atoms with Gasteiger partial charge in [-0.05, 0) is 0 Å². The number of hydrogen-bond donors (Lipinski definition) is 7. The lowest BCUT2D eigenvalue weighted by Gasteiger charge is -2.20. The zero-order chi connectivity index (χ0) is 28.1. The van der Waals surface area contributed by atoms with E-state index in [1.165, 1.54) is 9.80 Å². The van der Waals surface area contributed by atoms with Gasteiger partial charge in [0.05, 0.1) is 0 Å². The van der Waals surface area contributed by atoms with Crippen LogP contribution in [0.2, 0.25) is 0 Å². The summed E-state index contributed by atoms with van der Waals surface area (Å²) in [7, 11) is -12.8. The molecule has 0 heterocycles. The molecule has 23 heteroatoms. The van der Waals surface area contributed by atoms with Crippen LogP contribution < -0.4 is 16.0 Å². The van der Waals surface area contributed by atoms with Gasteiger partial charge in [0.2, 0.25) is 11.8 Å². The quantitative estimate of drug-likeness (QED) is 0.0337. The van der Waals surface area contributed by atoms with Gasteiger partial charge in [-0.1, -0.05) is 0 Å². The zero-order valence-corrected chi connectivity index (χ0v) is 23.8. The molecule has 0 bridgehead atoms. The minimum atomic E-state index is -3.20. The summed E-state index contributed by atoms with van der Waals surface area (Å²) in [5.74, 6) is -0.628. The SMILES string of the molecule is O=C(CCNCCC(=O)NCCN(CO[PH](=O)O)CO[PH](=O)O)NCCN(CO[PH](=O)O)CO[PH](=O)O. The molecule has 0 saturated heterocycles. The van der Waals surface area contributed by atoms with E-state index in [4.69, 9.17) is 19.6 Å². The smallest absolute Gasteiger partial charge is 0.317 e. The summed E-state index contributed by atoms with van der Waals surface area (Å²) in [6, 6.07) is 0. The first-order chi connectivity index (χ1) is 17.5. The maximum absolute atomic E-state index is 11.9. The van der Waals surface area contributed by atoms with Crippen molar-refractivity contribution < 1.29 is 65.5 Å². The van der Waals surface area contributed by atoms with Crippen LogP contribution in [0.25, 0.3) is 0 Å². The third-order valence-corrected chi connectivity index (χ3v) is 5.54. The Morgan fingerprint density at radius 1 is 0.568 bits per heavy atom. The first-order valence-corrected chi connectivity index (χ1v) is 15.7. The summed E-state index contributed by atoms with van der Waals surface area (Å²) in [5, 5.41) is 8.10. The van der Waals surface area contributed by atoms with Crippen LogP contribution in [0.5, 0.6) is 0 Å². The fourth-order valence-electron chi connectivity index (χ4n) is 2.33. The van der Waals surface area contributed by atoms with Crippen LogP contribution in [0.4, 0.5) is 0 Å². The van der Waals surface area contributed by atoms with Gasteiger partial charge in [-0.3, -0.25) is 55.7 Å². The molecule has 0 fully saturated rings. The van der Waals surface area contributed by atoms with Crippen LogP contribution in [-0.4, -0.2) is 107 Å². The average Bonchev–Trinajstić information content (AvgIpc) is 2.81. The Bertz CT molecular complexity index is 670. The molecule has 0 aromatic rings. The van der Waals surface area contributed by atoms with Crippen LogP contribution in [-0.2, 0) is 45.9 Å². The van der Waals surface area contributed by atoms with Gasteiger partial charge in [0.15, 0.2) is 0 Å². The summed E-state index contributed by atoms with van der Waals surface area (Å²) in [5.41, 5.74) is 0. The Labute approximate surface area is 215 Å². The van der Waals surface area contributed by atoms with Crippen molar-refractivity contribution in [3.63, 3.8) is 0 Å². The maximum atomic E-state index is 11.9. The van der Waals surface area contributed by atoms with Crippen LogP contribution in [0.15, 0.2) is 0 Å². The molecule has 0 aromatic carbocycles. The minimum absolute atomic E-state index is 0.0975. The molecule has 0 spiro atoms. The lowest BCUT2D eigenvalue weighted by atomic mass is 10.3. The molecule has 0 saturated carbocycles. The van der Waals surface area contributed by atoms with Crippen LogP contribution in [0, 0.1) is 0 Å². The Morgan fingerprint density at radius 2 is 0.865 bits per heavy atom. The van der Waals surface area contributed by atoms with Gasteiger partial charge in [0.1, 0.15) is 26.9 Å². The highest BCUT2D eigenvalue weighted by Gasteiger charge is 2.11. The summed E-state index contributed by atoms with van der Waals surface area (Å²) in [6.45, 7) is -0.318. The van der Waals surface area contributed by atoms with Crippen molar-refractivity contribution >= 4 is 44.8 Å². The largest absolute Gasteiger partial charge is 0.355 e. The van der Waals surface area contributed by atoms with Gasteiger partial charge in [-0.15, -0.1) is 0 Å². The van der Waals surface area contributed by atoms with E-state index in [1.54, 1.807) is 0 Å². The normalized spacial score (nSPS) is 14.9. The molecule has 19 nitrogen and oxygen atoms in total. The summed E-state index contributed by atoms with van der Waals surface area (Å²) < 4.78 is 60.8. The van der Waals surface area contributed by atoms with Gasteiger partial charge in [-0.25, -0.2) is 0 Å². The zero-order valence-electron chi connectivity index (χ0n) is 19.8. The third-order valence-electron chi connectivity index (χ3n) is 4.04.